The average Bonchev–Trinajstić information content (AvgIpc) is 3.15. The third-order valence-electron chi connectivity index (χ3n) is 4.26. The molecule has 4 rings (SSSR count). The maximum atomic E-state index is 13.1. The Balaban J connectivity index is 1.86. The molecule has 0 fully saturated rings. The number of carbonyl (C=O) groups excluding carboxylic acids is 1. The Hall–Kier alpha value is -3.39. The van der Waals surface area contributed by atoms with Crippen molar-refractivity contribution in [1.82, 2.24) is 4.98 Å². The van der Waals surface area contributed by atoms with Gasteiger partial charge in [0.15, 0.2) is 5.78 Å². The summed E-state index contributed by atoms with van der Waals surface area (Å²) in [5.74, 6) is 0.0272. The van der Waals surface area contributed by atoms with E-state index >= 15 is 0 Å². The summed E-state index contributed by atoms with van der Waals surface area (Å²) in [6.45, 7) is 0. The third-order valence-corrected chi connectivity index (χ3v) is 4.26. The molecule has 0 aliphatic carbocycles. The first-order chi connectivity index (χ1) is 12.3. The van der Waals surface area contributed by atoms with Gasteiger partial charge < -0.3 is 4.98 Å². The largest absolute Gasteiger partial charge is 0.361 e. The van der Waals surface area contributed by atoms with Crippen molar-refractivity contribution >= 4 is 28.3 Å². The van der Waals surface area contributed by atoms with Gasteiger partial charge in [-0.3, -0.25) is 4.79 Å². The second-order valence-corrected chi connectivity index (χ2v) is 5.94. The summed E-state index contributed by atoms with van der Waals surface area (Å²) < 4.78 is 0. The fraction of sp³-hybridized carbons (Fsp3) is 0. The lowest BCUT2D eigenvalue weighted by atomic mass is 9.94. The van der Waals surface area contributed by atoms with Crippen LogP contribution in [0.2, 0.25) is 0 Å². The number of hydrogen-bond acceptors (Lipinski definition) is 1. The van der Waals surface area contributed by atoms with Crippen LogP contribution in [0, 0.1) is 0 Å². The van der Waals surface area contributed by atoms with Crippen LogP contribution in [-0.2, 0) is 0 Å². The predicted molar refractivity (Wildman–Crippen MR) is 103 cm³/mol. The van der Waals surface area contributed by atoms with E-state index in [0.29, 0.717) is 11.1 Å². The summed E-state index contributed by atoms with van der Waals surface area (Å²) in [6, 6.07) is 27.4. The summed E-state index contributed by atoms with van der Waals surface area (Å²) in [5.41, 5.74) is 4.38. The van der Waals surface area contributed by atoms with Crippen LogP contribution < -0.4 is 0 Å². The van der Waals surface area contributed by atoms with E-state index in [1.54, 1.807) is 0 Å². The van der Waals surface area contributed by atoms with Crippen molar-refractivity contribution in [1.29, 1.82) is 0 Å². The van der Waals surface area contributed by atoms with Crippen LogP contribution in [0.4, 0.5) is 0 Å². The standard InChI is InChI=1S/C23H17NO/c25-23(18-9-5-2-6-10-18)21(15-17-7-3-1-4-8-17)19-11-12-22-20(16-19)13-14-24-22/h1-16,24H/b21-15+. The highest BCUT2D eigenvalue weighted by Crippen LogP contribution is 2.26. The van der Waals surface area contributed by atoms with E-state index in [1.807, 2.05) is 91.1 Å². The Morgan fingerprint density at radius 3 is 2.24 bits per heavy atom. The lowest BCUT2D eigenvalue weighted by Gasteiger charge is -2.08. The van der Waals surface area contributed by atoms with Crippen molar-refractivity contribution in [3.63, 3.8) is 0 Å². The Labute approximate surface area is 146 Å². The molecule has 0 spiro atoms. The van der Waals surface area contributed by atoms with Crippen LogP contribution in [0.3, 0.4) is 0 Å². The van der Waals surface area contributed by atoms with Crippen molar-refractivity contribution in [2.75, 3.05) is 0 Å². The molecule has 120 valence electrons. The summed E-state index contributed by atoms with van der Waals surface area (Å²) in [6.07, 6.45) is 3.87. The molecule has 1 heterocycles. The van der Waals surface area contributed by atoms with Crippen molar-refractivity contribution < 1.29 is 4.79 Å². The summed E-state index contributed by atoms with van der Waals surface area (Å²) in [5, 5.41) is 1.09. The number of carbonyl (C=O) groups is 1. The van der Waals surface area contributed by atoms with E-state index in [4.69, 9.17) is 0 Å². The molecule has 1 N–H and O–H groups in total. The van der Waals surface area contributed by atoms with Gasteiger partial charge in [-0.2, -0.15) is 0 Å². The number of aromatic amines is 1. The van der Waals surface area contributed by atoms with E-state index in [-0.39, 0.29) is 5.78 Å². The fourth-order valence-electron chi connectivity index (χ4n) is 2.96. The van der Waals surface area contributed by atoms with Crippen LogP contribution in [0.25, 0.3) is 22.6 Å². The molecule has 0 atom stereocenters. The second-order valence-electron chi connectivity index (χ2n) is 5.94. The van der Waals surface area contributed by atoms with E-state index in [9.17, 15) is 4.79 Å². The van der Waals surface area contributed by atoms with Gasteiger partial charge in [0.25, 0.3) is 0 Å². The molecule has 0 saturated heterocycles. The van der Waals surface area contributed by atoms with E-state index < -0.39 is 0 Å². The minimum Gasteiger partial charge on any atom is -0.361 e. The Bertz CT molecular complexity index is 1040. The van der Waals surface area contributed by atoms with Gasteiger partial charge in [0.1, 0.15) is 0 Å². The van der Waals surface area contributed by atoms with Crippen molar-refractivity contribution in [3.05, 3.63) is 108 Å². The number of allylic oxidation sites excluding steroid dienone is 1. The van der Waals surface area contributed by atoms with Crippen LogP contribution in [0.15, 0.2) is 91.1 Å². The Kier molecular flexibility index (Phi) is 4.01. The lowest BCUT2D eigenvalue weighted by molar-refractivity contribution is 0.105. The minimum atomic E-state index is 0.0272. The van der Waals surface area contributed by atoms with Gasteiger partial charge in [-0.05, 0) is 40.8 Å². The number of H-pyrrole nitrogens is 1. The molecule has 0 aliphatic rings. The molecule has 0 amide bonds. The number of ketones is 1. The first kappa shape index (κ1) is 15.2. The highest BCUT2D eigenvalue weighted by atomic mass is 16.1. The Morgan fingerprint density at radius 1 is 0.760 bits per heavy atom. The van der Waals surface area contributed by atoms with Crippen molar-refractivity contribution in [2.45, 2.75) is 0 Å². The highest BCUT2D eigenvalue weighted by molar-refractivity contribution is 6.32. The quantitative estimate of drug-likeness (QED) is 0.296. The van der Waals surface area contributed by atoms with Gasteiger partial charge >= 0.3 is 0 Å². The molecular weight excluding hydrogens is 306 g/mol. The monoisotopic (exact) mass is 323 g/mol. The second kappa shape index (κ2) is 6.62. The molecule has 25 heavy (non-hydrogen) atoms. The van der Waals surface area contributed by atoms with Gasteiger partial charge in [0, 0.05) is 22.9 Å². The summed E-state index contributed by atoms with van der Waals surface area (Å²) in [4.78, 5) is 16.3. The summed E-state index contributed by atoms with van der Waals surface area (Å²) >= 11 is 0. The molecule has 4 aromatic rings. The first-order valence-corrected chi connectivity index (χ1v) is 8.25. The molecule has 0 unspecified atom stereocenters. The molecule has 2 heteroatoms. The van der Waals surface area contributed by atoms with Gasteiger partial charge in [0.2, 0.25) is 0 Å². The first-order valence-electron chi connectivity index (χ1n) is 8.25. The SMILES string of the molecule is O=C(/C(=C/c1ccccc1)c1ccc2[nH]ccc2c1)c1ccccc1. The van der Waals surface area contributed by atoms with E-state index in [2.05, 4.69) is 11.1 Å². The zero-order chi connectivity index (χ0) is 17.1. The van der Waals surface area contributed by atoms with Crippen LogP contribution in [-0.4, -0.2) is 10.8 Å². The maximum Gasteiger partial charge on any atom is 0.193 e. The molecule has 0 aliphatic heterocycles. The number of nitrogens with one attached hydrogen (secondary N) is 1. The molecule has 1 aromatic heterocycles. The van der Waals surface area contributed by atoms with Crippen LogP contribution >= 0.6 is 0 Å². The van der Waals surface area contributed by atoms with Gasteiger partial charge in [-0.25, -0.2) is 0 Å². The lowest BCUT2D eigenvalue weighted by Crippen LogP contribution is -2.02. The van der Waals surface area contributed by atoms with Crippen molar-refractivity contribution in [3.8, 4) is 0 Å². The summed E-state index contributed by atoms with van der Waals surface area (Å²) in [7, 11) is 0. The zero-order valence-corrected chi connectivity index (χ0v) is 13.6. The van der Waals surface area contributed by atoms with Gasteiger partial charge in [-0.1, -0.05) is 66.7 Å². The van der Waals surface area contributed by atoms with Gasteiger partial charge in [0.05, 0.1) is 0 Å². The highest BCUT2D eigenvalue weighted by Gasteiger charge is 2.15. The molecule has 3 aromatic carbocycles. The fourth-order valence-corrected chi connectivity index (χ4v) is 2.96. The van der Waals surface area contributed by atoms with Crippen LogP contribution in [0.5, 0.6) is 0 Å². The zero-order valence-electron chi connectivity index (χ0n) is 13.6. The number of rotatable bonds is 4. The topological polar surface area (TPSA) is 32.9 Å². The van der Waals surface area contributed by atoms with Gasteiger partial charge in [-0.15, -0.1) is 0 Å². The smallest absolute Gasteiger partial charge is 0.193 e. The number of aromatic nitrogens is 1. The van der Waals surface area contributed by atoms with Crippen LogP contribution in [0.1, 0.15) is 21.5 Å². The number of Topliss-reactive ketones (excluding diaryl/α,β-unsaturated/α-hetero) is 1. The predicted octanol–water partition coefficient (Wildman–Crippen LogP) is 5.59. The maximum absolute atomic E-state index is 13.1. The molecule has 0 saturated carbocycles. The Morgan fingerprint density at radius 2 is 1.48 bits per heavy atom. The minimum absolute atomic E-state index is 0.0272. The number of hydrogen-bond donors (Lipinski definition) is 1. The molecule has 0 radical (unpaired) electrons. The molecular formula is C23H17NO. The van der Waals surface area contributed by atoms with Crippen molar-refractivity contribution in [2.24, 2.45) is 0 Å². The molecule has 2 nitrogen and oxygen atoms in total. The third kappa shape index (κ3) is 3.15. The average molecular weight is 323 g/mol. The van der Waals surface area contributed by atoms with E-state index in [1.165, 1.54) is 0 Å². The number of fused-ring (bicyclic) bond motifs is 1. The van der Waals surface area contributed by atoms with E-state index in [0.717, 1.165) is 22.0 Å². The normalized spacial score (nSPS) is 11.6. The number of benzene rings is 3. The molecule has 0 bridgehead atoms.